The molecule has 1 aliphatic heterocycles. The Morgan fingerprint density at radius 3 is 2.80 bits per heavy atom. The van der Waals surface area contributed by atoms with E-state index in [1.165, 1.54) is 18.9 Å². The van der Waals surface area contributed by atoms with E-state index in [0.717, 1.165) is 18.8 Å². The van der Waals surface area contributed by atoms with Crippen molar-refractivity contribution in [2.75, 3.05) is 36.4 Å². The fourth-order valence-electron chi connectivity index (χ4n) is 2.86. The largest absolute Gasteiger partial charge is 0.370 e. The SMILES string of the molecule is O=C(Cc1ccccc1F)NCCNc1cc(N2CCCC2)cnn1. The quantitative estimate of drug-likeness (QED) is 0.753. The van der Waals surface area contributed by atoms with Crippen molar-refractivity contribution < 1.29 is 9.18 Å². The van der Waals surface area contributed by atoms with Crippen molar-refractivity contribution in [2.24, 2.45) is 0 Å². The zero-order valence-corrected chi connectivity index (χ0v) is 14.0. The van der Waals surface area contributed by atoms with Gasteiger partial charge in [0.25, 0.3) is 0 Å². The van der Waals surface area contributed by atoms with Gasteiger partial charge in [0.15, 0.2) is 5.82 Å². The first-order valence-corrected chi connectivity index (χ1v) is 8.54. The Labute approximate surface area is 146 Å². The summed E-state index contributed by atoms with van der Waals surface area (Å²) in [5.41, 5.74) is 1.47. The third-order valence-corrected chi connectivity index (χ3v) is 4.17. The second-order valence-corrected chi connectivity index (χ2v) is 6.04. The molecule has 1 amide bonds. The lowest BCUT2D eigenvalue weighted by molar-refractivity contribution is -0.120. The molecule has 0 bridgehead atoms. The van der Waals surface area contributed by atoms with Gasteiger partial charge in [-0.05, 0) is 24.5 Å². The zero-order chi connectivity index (χ0) is 17.5. The highest BCUT2D eigenvalue weighted by molar-refractivity contribution is 5.78. The van der Waals surface area contributed by atoms with Gasteiger partial charge >= 0.3 is 0 Å². The van der Waals surface area contributed by atoms with Crippen molar-refractivity contribution in [3.63, 3.8) is 0 Å². The molecular formula is C18H22FN5O. The number of benzene rings is 1. The van der Waals surface area contributed by atoms with E-state index in [-0.39, 0.29) is 18.1 Å². The number of rotatable bonds is 7. The molecule has 0 atom stereocenters. The number of anilines is 2. The molecule has 0 saturated carbocycles. The van der Waals surface area contributed by atoms with Crippen LogP contribution in [0.15, 0.2) is 36.5 Å². The fraction of sp³-hybridized carbons (Fsp3) is 0.389. The van der Waals surface area contributed by atoms with E-state index >= 15 is 0 Å². The predicted molar refractivity (Wildman–Crippen MR) is 95.1 cm³/mol. The highest BCUT2D eigenvalue weighted by atomic mass is 19.1. The molecule has 2 aromatic rings. The molecule has 1 fully saturated rings. The Morgan fingerprint density at radius 2 is 2.00 bits per heavy atom. The third-order valence-electron chi connectivity index (χ3n) is 4.17. The second-order valence-electron chi connectivity index (χ2n) is 6.04. The molecule has 1 aromatic heterocycles. The molecule has 1 aromatic carbocycles. The molecule has 0 aliphatic carbocycles. The van der Waals surface area contributed by atoms with Gasteiger partial charge in [0, 0.05) is 32.2 Å². The summed E-state index contributed by atoms with van der Waals surface area (Å²) in [5, 5.41) is 14.0. The number of hydrogen-bond acceptors (Lipinski definition) is 5. The smallest absolute Gasteiger partial charge is 0.224 e. The molecule has 2 heterocycles. The summed E-state index contributed by atoms with van der Waals surface area (Å²) in [6.45, 7) is 3.07. The normalized spacial score (nSPS) is 13.7. The van der Waals surface area contributed by atoms with E-state index < -0.39 is 0 Å². The van der Waals surface area contributed by atoms with Crippen LogP contribution in [0.4, 0.5) is 15.9 Å². The Balaban J connectivity index is 1.41. The first kappa shape index (κ1) is 17.1. The van der Waals surface area contributed by atoms with Gasteiger partial charge in [0.1, 0.15) is 5.82 Å². The number of hydrogen-bond donors (Lipinski definition) is 2. The summed E-state index contributed by atoms with van der Waals surface area (Å²) < 4.78 is 13.5. The highest BCUT2D eigenvalue weighted by Crippen LogP contribution is 2.20. The molecule has 0 unspecified atom stereocenters. The van der Waals surface area contributed by atoms with Gasteiger partial charge in [0.2, 0.25) is 5.91 Å². The van der Waals surface area contributed by atoms with Crippen LogP contribution < -0.4 is 15.5 Å². The maximum atomic E-state index is 13.5. The minimum Gasteiger partial charge on any atom is -0.370 e. The summed E-state index contributed by atoms with van der Waals surface area (Å²) in [5.74, 6) is 0.126. The first-order valence-electron chi connectivity index (χ1n) is 8.54. The van der Waals surface area contributed by atoms with Crippen LogP contribution >= 0.6 is 0 Å². The van der Waals surface area contributed by atoms with Crippen LogP contribution in [0.25, 0.3) is 0 Å². The number of nitrogens with zero attached hydrogens (tertiary/aromatic N) is 3. The van der Waals surface area contributed by atoms with Gasteiger partial charge < -0.3 is 15.5 Å². The van der Waals surface area contributed by atoms with Crippen LogP contribution in [0.2, 0.25) is 0 Å². The van der Waals surface area contributed by atoms with Gasteiger partial charge in [0.05, 0.1) is 18.3 Å². The number of carbonyl (C=O) groups is 1. The molecule has 3 rings (SSSR count). The van der Waals surface area contributed by atoms with Crippen LogP contribution in [0.5, 0.6) is 0 Å². The van der Waals surface area contributed by atoms with Crippen LogP contribution in [-0.2, 0) is 11.2 Å². The van der Waals surface area contributed by atoms with E-state index in [1.807, 2.05) is 6.07 Å². The predicted octanol–water partition coefficient (Wildman–Crippen LogP) is 1.99. The average molecular weight is 343 g/mol. The van der Waals surface area contributed by atoms with Crippen LogP contribution in [0.1, 0.15) is 18.4 Å². The lowest BCUT2D eigenvalue weighted by Crippen LogP contribution is -2.30. The monoisotopic (exact) mass is 343 g/mol. The van der Waals surface area contributed by atoms with E-state index in [0.29, 0.717) is 24.5 Å². The molecule has 2 N–H and O–H groups in total. The number of aromatic nitrogens is 2. The molecule has 0 spiro atoms. The number of nitrogens with one attached hydrogen (secondary N) is 2. The molecule has 7 heteroatoms. The molecule has 1 aliphatic rings. The topological polar surface area (TPSA) is 70.2 Å². The van der Waals surface area contributed by atoms with Crippen molar-refractivity contribution in [3.05, 3.63) is 47.9 Å². The van der Waals surface area contributed by atoms with Crippen molar-refractivity contribution in [1.82, 2.24) is 15.5 Å². The summed E-state index contributed by atoms with van der Waals surface area (Å²) in [4.78, 5) is 14.2. The Kier molecular flexibility index (Phi) is 5.77. The van der Waals surface area contributed by atoms with Gasteiger partial charge in [-0.3, -0.25) is 4.79 Å². The zero-order valence-electron chi connectivity index (χ0n) is 14.0. The fourth-order valence-corrected chi connectivity index (χ4v) is 2.86. The summed E-state index contributed by atoms with van der Waals surface area (Å²) in [6.07, 6.45) is 4.22. The first-order chi connectivity index (χ1) is 12.2. The lowest BCUT2D eigenvalue weighted by atomic mass is 10.1. The summed E-state index contributed by atoms with van der Waals surface area (Å²) in [6, 6.07) is 8.28. The number of halogens is 1. The van der Waals surface area contributed by atoms with Gasteiger partial charge in [-0.2, -0.15) is 5.10 Å². The molecule has 132 valence electrons. The van der Waals surface area contributed by atoms with E-state index in [2.05, 4.69) is 25.7 Å². The summed E-state index contributed by atoms with van der Waals surface area (Å²) in [7, 11) is 0. The molecule has 0 radical (unpaired) electrons. The van der Waals surface area contributed by atoms with Crippen molar-refractivity contribution in [3.8, 4) is 0 Å². The van der Waals surface area contributed by atoms with Crippen molar-refractivity contribution in [1.29, 1.82) is 0 Å². The van der Waals surface area contributed by atoms with E-state index in [9.17, 15) is 9.18 Å². The maximum absolute atomic E-state index is 13.5. The minimum atomic E-state index is -0.357. The van der Waals surface area contributed by atoms with Gasteiger partial charge in [-0.15, -0.1) is 5.10 Å². The molecule has 1 saturated heterocycles. The van der Waals surface area contributed by atoms with Crippen LogP contribution in [-0.4, -0.2) is 42.3 Å². The number of carbonyl (C=O) groups excluding carboxylic acids is 1. The highest BCUT2D eigenvalue weighted by Gasteiger charge is 2.13. The molecule has 25 heavy (non-hydrogen) atoms. The van der Waals surface area contributed by atoms with Crippen LogP contribution in [0, 0.1) is 5.82 Å². The van der Waals surface area contributed by atoms with Crippen molar-refractivity contribution in [2.45, 2.75) is 19.3 Å². The molecule has 6 nitrogen and oxygen atoms in total. The maximum Gasteiger partial charge on any atom is 0.224 e. The lowest BCUT2D eigenvalue weighted by Gasteiger charge is -2.17. The van der Waals surface area contributed by atoms with E-state index in [1.54, 1.807) is 24.4 Å². The Bertz CT molecular complexity index is 718. The van der Waals surface area contributed by atoms with Crippen LogP contribution in [0.3, 0.4) is 0 Å². The number of amides is 1. The Morgan fingerprint density at radius 1 is 1.20 bits per heavy atom. The average Bonchev–Trinajstić information content (AvgIpc) is 3.16. The molecular weight excluding hydrogens is 321 g/mol. The summed E-state index contributed by atoms with van der Waals surface area (Å²) >= 11 is 0. The minimum absolute atomic E-state index is 0.0386. The van der Waals surface area contributed by atoms with Crippen molar-refractivity contribution >= 4 is 17.4 Å². The Hall–Kier alpha value is -2.70. The third kappa shape index (κ3) is 4.89. The van der Waals surface area contributed by atoms with Gasteiger partial charge in [-0.25, -0.2) is 4.39 Å². The van der Waals surface area contributed by atoms with E-state index in [4.69, 9.17) is 0 Å². The van der Waals surface area contributed by atoms with Gasteiger partial charge in [-0.1, -0.05) is 18.2 Å². The second kappa shape index (κ2) is 8.41. The standard InChI is InChI=1S/C18H22FN5O/c19-16-6-2-1-5-14(16)11-18(25)21-8-7-20-17-12-15(13-22-23-17)24-9-3-4-10-24/h1-2,5-6,12-13H,3-4,7-11H2,(H,20,23)(H,21,25).